The van der Waals surface area contributed by atoms with Gasteiger partial charge in [-0.15, -0.1) is 0 Å². The normalized spacial score (nSPS) is 14.6. The first-order chi connectivity index (χ1) is 19.8. The molecule has 208 valence electrons. The van der Waals surface area contributed by atoms with Crippen molar-refractivity contribution in [3.63, 3.8) is 0 Å². The SMILES string of the molecule is COc1ccc(/C=C(/C(=O)c2ccccc2O)c2c(C)cc(OC)c3c2OC(c2ccc(OC)cc2)CC3=O)cc1. The molecule has 0 spiro atoms. The Kier molecular flexibility index (Phi) is 7.79. The second kappa shape index (κ2) is 11.6. The number of carbonyl (C=O) groups excluding carboxylic acids is 2. The van der Waals surface area contributed by atoms with Crippen molar-refractivity contribution >= 4 is 23.2 Å². The molecule has 4 aromatic rings. The van der Waals surface area contributed by atoms with Crippen LogP contribution in [0.15, 0.2) is 78.9 Å². The minimum Gasteiger partial charge on any atom is -0.507 e. The summed E-state index contributed by atoms with van der Waals surface area (Å²) >= 11 is 0. The quantitative estimate of drug-likeness (QED) is 0.146. The van der Waals surface area contributed by atoms with Gasteiger partial charge in [-0.1, -0.05) is 36.4 Å². The zero-order valence-corrected chi connectivity index (χ0v) is 23.3. The highest BCUT2D eigenvalue weighted by molar-refractivity contribution is 6.34. The molecule has 1 aliphatic heterocycles. The van der Waals surface area contributed by atoms with Crippen LogP contribution in [0, 0.1) is 6.92 Å². The highest BCUT2D eigenvalue weighted by Gasteiger charge is 2.35. The van der Waals surface area contributed by atoms with Crippen molar-refractivity contribution in [2.45, 2.75) is 19.4 Å². The second-order valence-corrected chi connectivity index (χ2v) is 9.66. The van der Waals surface area contributed by atoms with Gasteiger partial charge in [0, 0.05) is 11.1 Å². The molecule has 0 amide bonds. The van der Waals surface area contributed by atoms with Gasteiger partial charge in [-0.25, -0.2) is 0 Å². The maximum atomic E-state index is 14.2. The minimum atomic E-state index is -0.589. The third kappa shape index (κ3) is 5.39. The molecule has 0 bridgehead atoms. The Morgan fingerprint density at radius 1 is 0.902 bits per heavy atom. The number of hydrogen-bond donors (Lipinski definition) is 1. The molecule has 1 aliphatic rings. The van der Waals surface area contributed by atoms with Gasteiger partial charge in [0.05, 0.1) is 33.3 Å². The van der Waals surface area contributed by atoms with E-state index in [9.17, 15) is 14.7 Å². The number of aryl methyl sites for hydroxylation is 1. The number of allylic oxidation sites excluding steroid dienone is 1. The van der Waals surface area contributed by atoms with E-state index in [0.29, 0.717) is 28.4 Å². The fraction of sp³-hybridized carbons (Fsp3) is 0.176. The Hall–Kier alpha value is -5.04. The number of ketones is 2. The van der Waals surface area contributed by atoms with Crippen molar-refractivity contribution in [2.75, 3.05) is 21.3 Å². The summed E-state index contributed by atoms with van der Waals surface area (Å²) in [6.45, 7) is 1.84. The van der Waals surface area contributed by atoms with Crippen LogP contribution in [0.5, 0.6) is 28.7 Å². The van der Waals surface area contributed by atoms with Crippen LogP contribution >= 0.6 is 0 Å². The van der Waals surface area contributed by atoms with Gasteiger partial charge in [0.1, 0.15) is 40.4 Å². The molecule has 0 aromatic heterocycles. The number of ether oxygens (including phenoxy) is 4. The van der Waals surface area contributed by atoms with E-state index in [1.165, 1.54) is 13.2 Å². The summed E-state index contributed by atoms with van der Waals surface area (Å²) < 4.78 is 22.7. The summed E-state index contributed by atoms with van der Waals surface area (Å²) in [4.78, 5) is 27.8. The topological polar surface area (TPSA) is 91.3 Å². The summed E-state index contributed by atoms with van der Waals surface area (Å²) in [5, 5.41) is 10.6. The first kappa shape index (κ1) is 27.5. The third-order valence-electron chi connectivity index (χ3n) is 7.15. The number of rotatable bonds is 8. The number of phenolic OH excluding ortho intramolecular Hbond substituents is 1. The third-order valence-corrected chi connectivity index (χ3v) is 7.15. The van der Waals surface area contributed by atoms with Gasteiger partial charge in [0.2, 0.25) is 0 Å². The molecule has 0 saturated carbocycles. The number of aromatic hydroxyl groups is 1. The van der Waals surface area contributed by atoms with Crippen LogP contribution in [0.1, 0.15) is 55.5 Å². The first-order valence-electron chi connectivity index (χ1n) is 13.1. The lowest BCUT2D eigenvalue weighted by Crippen LogP contribution is -2.23. The van der Waals surface area contributed by atoms with Gasteiger partial charge in [-0.3, -0.25) is 9.59 Å². The van der Waals surface area contributed by atoms with Crippen LogP contribution in [0.2, 0.25) is 0 Å². The van der Waals surface area contributed by atoms with Crippen molar-refractivity contribution < 1.29 is 33.6 Å². The van der Waals surface area contributed by atoms with Gasteiger partial charge < -0.3 is 24.1 Å². The molecule has 41 heavy (non-hydrogen) atoms. The standard InChI is InChI=1S/C34H30O7/c1-20-17-30(40-4)32-28(36)19-29(22-11-15-24(39-3)16-12-22)41-34(32)31(20)26(18-21-9-13-23(38-2)14-10-21)33(37)25-7-5-6-8-27(25)35/h5-18,29,35H,19H2,1-4H3/b26-18+. The molecule has 5 rings (SSSR count). The van der Waals surface area contributed by atoms with Crippen molar-refractivity contribution in [1.82, 2.24) is 0 Å². The second-order valence-electron chi connectivity index (χ2n) is 9.66. The monoisotopic (exact) mass is 550 g/mol. The highest BCUT2D eigenvalue weighted by Crippen LogP contribution is 2.47. The van der Waals surface area contributed by atoms with Crippen LogP contribution in [-0.4, -0.2) is 38.0 Å². The Bertz CT molecular complexity index is 1630. The largest absolute Gasteiger partial charge is 0.507 e. The number of para-hydroxylation sites is 1. The maximum absolute atomic E-state index is 14.2. The van der Waals surface area contributed by atoms with Crippen molar-refractivity contribution in [2.24, 2.45) is 0 Å². The molecular weight excluding hydrogens is 520 g/mol. The molecule has 1 N–H and O–H groups in total. The lowest BCUT2D eigenvalue weighted by Gasteiger charge is -2.30. The lowest BCUT2D eigenvalue weighted by atomic mass is 9.86. The van der Waals surface area contributed by atoms with Gasteiger partial charge in [0.25, 0.3) is 0 Å². The Labute approximate surface area is 238 Å². The Morgan fingerprint density at radius 3 is 2.15 bits per heavy atom. The summed E-state index contributed by atoms with van der Waals surface area (Å²) in [5.74, 6) is 1.27. The highest BCUT2D eigenvalue weighted by atomic mass is 16.5. The van der Waals surface area contributed by atoms with E-state index in [1.807, 2.05) is 43.3 Å². The van der Waals surface area contributed by atoms with E-state index in [4.69, 9.17) is 18.9 Å². The van der Waals surface area contributed by atoms with E-state index in [2.05, 4.69) is 0 Å². The van der Waals surface area contributed by atoms with Crippen molar-refractivity contribution in [1.29, 1.82) is 0 Å². The smallest absolute Gasteiger partial charge is 0.197 e. The van der Waals surface area contributed by atoms with E-state index >= 15 is 0 Å². The van der Waals surface area contributed by atoms with E-state index < -0.39 is 11.9 Å². The zero-order valence-electron chi connectivity index (χ0n) is 23.3. The Morgan fingerprint density at radius 2 is 1.54 bits per heavy atom. The number of carbonyl (C=O) groups is 2. The molecule has 0 fully saturated rings. The molecule has 1 unspecified atom stereocenters. The summed E-state index contributed by atoms with van der Waals surface area (Å²) in [6, 6.07) is 22.7. The van der Waals surface area contributed by atoms with Crippen LogP contribution < -0.4 is 18.9 Å². The minimum absolute atomic E-state index is 0.100. The molecular formula is C34H30O7. The number of hydrogen-bond acceptors (Lipinski definition) is 7. The van der Waals surface area contributed by atoms with Gasteiger partial charge in [-0.05, 0) is 72.2 Å². The summed E-state index contributed by atoms with van der Waals surface area (Å²) in [5.41, 5.74) is 3.32. The Balaban J connectivity index is 1.73. The van der Waals surface area contributed by atoms with Crippen LogP contribution in [0.3, 0.4) is 0 Å². The fourth-order valence-corrected chi connectivity index (χ4v) is 5.02. The number of Topliss-reactive ketones (excluding diaryl/α,β-unsaturated/α-hetero) is 2. The average molecular weight is 551 g/mol. The van der Waals surface area contributed by atoms with Crippen molar-refractivity contribution in [3.8, 4) is 28.7 Å². The predicted octanol–water partition coefficient (Wildman–Crippen LogP) is 6.86. The molecule has 0 radical (unpaired) electrons. The summed E-state index contributed by atoms with van der Waals surface area (Å²) in [6.07, 6.45) is 1.24. The van der Waals surface area contributed by atoms with E-state index in [-0.39, 0.29) is 40.4 Å². The maximum Gasteiger partial charge on any atom is 0.197 e. The van der Waals surface area contributed by atoms with E-state index in [1.54, 1.807) is 56.7 Å². The molecule has 7 heteroatoms. The average Bonchev–Trinajstić information content (AvgIpc) is 3.00. The zero-order chi connectivity index (χ0) is 29.1. The van der Waals surface area contributed by atoms with Crippen LogP contribution in [0.4, 0.5) is 0 Å². The molecule has 0 aliphatic carbocycles. The van der Waals surface area contributed by atoms with Gasteiger partial charge >= 0.3 is 0 Å². The molecule has 0 saturated heterocycles. The van der Waals surface area contributed by atoms with E-state index in [0.717, 1.165) is 11.1 Å². The number of fused-ring (bicyclic) bond motifs is 1. The lowest BCUT2D eigenvalue weighted by molar-refractivity contribution is 0.0842. The fourth-order valence-electron chi connectivity index (χ4n) is 5.02. The molecule has 1 heterocycles. The number of benzene rings is 4. The predicted molar refractivity (Wildman–Crippen MR) is 156 cm³/mol. The number of phenols is 1. The first-order valence-corrected chi connectivity index (χ1v) is 13.1. The van der Waals surface area contributed by atoms with Gasteiger partial charge in [-0.2, -0.15) is 0 Å². The number of methoxy groups -OCH3 is 3. The van der Waals surface area contributed by atoms with Crippen LogP contribution in [-0.2, 0) is 0 Å². The molecule has 1 atom stereocenters. The van der Waals surface area contributed by atoms with Gasteiger partial charge in [0.15, 0.2) is 11.6 Å². The molecule has 7 nitrogen and oxygen atoms in total. The van der Waals surface area contributed by atoms with Crippen molar-refractivity contribution in [3.05, 3.63) is 112 Å². The van der Waals surface area contributed by atoms with Crippen LogP contribution in [0.25, 0.3) is 11.6 Å². The molecule has 4 aromatic carbocycles. The summed E-state index contributed by atoms with van der Waals surface area (Å²) in [7, 11) is 4.67.